The fourth-order valence-electron chi connectivity index (χ4n) is 3.37. The Balaban J connectivity index is 1.49. The van der Waals surface area contributed by atoms with Crippen LogP contribution < -0.4 is 0 Å². The molecule has 0 spiro atoms. The van der Waals surface area contributed by atoms with Crippen molar-refractivity contribution in [3.63, 3.8) is 0 Å². The first-order valence-corrected chi connectivity index (χ1v) is 10.1. The third-order valence-corrected chi connectivity index (χ3v) is 5.25. The molecule has 0 fully saturated rings. The van der Waals surface area contributed by atoms with Crippen molar-refractivity contribution in [2.24, 2.45) is 0 Å². The van der Waals surface area contributed by atoms with Crippen molar-refractivity contribution < 1.29 is 9.90 Å². The Bertz CT molecular complexity index is 1210. The van der Waals surface area contributed by atoms with Gasteiger partial charge >= 0.3 is 5.97 Å². The predicted octanol–water partition coefficient (Wildman–Crippen LogP) is 6.30. The van der Waals surface area contributed by atoms with Crippen molar-refractivity contribution in [2.45, 2.75) is 12.8 Å². The van der Waals surface area contributed by atoms with Gasteiger partial charge in [0.1, 0.15) is 0 Å². The van der Waals surface area contributed by atoms with E-state index in [0.717, 1.165) is 40.6 Å². The Kier molecular flexibility index (Phi) is 5.92. The third-order valence-electron chi connectivity index (χ3n) is 5.00. The summed E-state index contributed by atoms with van der Waals surface area (Å²) in [5.74, 6) is -0.960. The van der Waals surface area contributed by atoms with Crippen LogP contribution in [-0.4, -0.2) is 16.1 Å². The molecular weight excluding hydrogens is 394 g/mol. The zero-order chi connectivity index (χ0) is 20.9. The number of carbonyl (C=O) groups is 1. The summed E-state index contributed by atoms with van der Waals surface area (Å²) >= 11 is 5.91. The highest BCUT2D eigenvalue weighted by Crippen LogP contribution is 2.21. The van der Waals surface area contributed by atoms with Crippen LogP contribution in [0.2, 0.25) is 5.02 Å². The van der Waals surface area contributed by atoms with Crippen LogP contribution in [-0.2, 0) is 17.6 Å². The minimum atomic E-state index is -0.960. The van der Waals surface area contributed by atoms with Crippen LogP contribution >= 0.6 is 11.6 Å². The molecule has 0 bridgehead atoms. The fraction of sp³-hybridized carbons (Fsp3) is 0.0769. The number of pyridine rings is 1. The molecule has 4 aromatic rings. The molecule has 1 N–H and O–H groups in total. The average Bonchev–Trinajstić information content (AvgIpc) is 2.77. The fourth-order valence-corrected chi connectivity index (χ4v) is 3.49. The third kappa shape index (κ3) is 4.76. The summed E-state index contributed by atoms with van der Waals surface area (Å²) in [5, 5.41) is 11.4. The summed E-state index contributed by atoms with van der Waals surface area (Å²) in [5.41, 5.74) is 4.91. The number of halogens is 1. The predicted molar refractivity (Wildman–Crippen MR) is 123 cm³/mol. The molecule has 0 radical (unpaired) electrons. The molecule has 148 valence electrons. The molecule has 0 saturated heterocycles. The van der Waals surface area contributed by atoms with Gasteiger partial charge in [-0.15, -0.1) is 0 Å². The second-order valence-corrected chi connectivity index (χ2v) is 7.54. The normalized spacial score (nSPS) is 11.6. The lowest BCUT2D eigenvalue weighted by Crippen LogP contribution is -2.00. The van der Waals surface area contributed by atoms with Crippen LogP contribution in [0.15, 0.2) is 84.9 Å². The van der Waals surface area contributed by atoms with Gasteiger partial charge in [0.05, 0.1) is 11.1 Å². The van der Waals surface area contributed by atoms with E-state index in [0.29, 0.717) is 10.6 Å². The highest BCUT2D eigenvalue weighted by Gasteiger charge is 2.11. The van der Waals surface area contributed by atoms with Gasteiger partial charge < -0.3 is 5.11 Å². The number of aryl methyl sites for hydroxylation is 2. The van der Waals surface area contributed by atoms with Gasteiger partial charge in [0.2, 0.25) is 0 Å². The lowest BCUT2D eigenvalue weighted by molar-refractivity contribution is -0.130. The SMILES string of the molecule is O=C(O)C(=Cc1ccc(Cl)cc1)c1ccc(CCc2ccc3ccccc3n2)cc1. The van der Waals surface area contributed by atoms with E-state index in [1.807, 2.05) is 42.5 Å². The van der Waals surface area contributed by atoms with E-state index in [9.17, 15) is 9.90 Å². The second-order valence-electron chi connectivity index (χ2n) is 7.11. The molecule has 4 rings (SSSR count). The van der Waals surface area contributed by atoms with Crippen LogP contribution in [0.3, 0.4) is 0 Å². The smallest absolute Gasteiger partial charge is 0.336 e. The molecule has 1 aromatic heterocycles. The van der Waals surface area contributed by atoms with Crippen molar-refractivity contribution in [2.75, 3.05) is 0 Å². The van der Waals surface area contributed by atoms with Crippen LogP contribution in [0.4, 0.5) is 0 Å². The maximum Gasteiger partial charge on any atom is 0.336 e. The minimum Gasteiger partial charge on any atom is -0.478 e. The summed E-state index contributed by atoms with van der Waals surface area (Å²) in [6.07, 6.45) is 3.33. The standard InChI is InChI=1S/C26H20ClNO2/c27-22-13-7-19(8-14-22)17-24(26(29)30)20-10-5-18(6-11-20)9-15-23-16-12-21-3-1-2-4-25(21)28-23/h1-8,10-14,16-17H,9,15H2,(H,29,30). The van der Waals surface area contributed by atoms with Gasteiger partial charge in [-0.25, -0.2) is 4.79 Å². The molecule has 3 aromatic carbocycles. The summed E-state index contributed by atoms with van der Waals surface area (Å²) in [4.78, 5) is 16.5. The van der Waals surface area contributed by atoms with Crippen molar-refractivity contribution in [1.29, 1.82) is 0 Å². The van der Waals surface area contributed by atoms with Crippen LogP contribution in [0, 0.1) is 0 Å². The molecule has 30 heavy (non-hydrogen) atoms. The first kappa shape index (κ1) is 19.9. The maximum atomic E-state index is 11.8. The summed E-state index contributed by atoms with van der Waals surface area (Å²) in [6, 6.07) is 27.0. The van der Waals surface area contributed by atoms with E-state index in [1.54, 1.807) is 30.3 Å². The van der Waals surface area contributed by atoms with E-state index < -0.39 is 5.97 Å². The number of carboxylic acids is 1. The number of hydrogen-bond acceptors (Lipinski definition) is 2. The summed E-state index contributed by atoms with van der Waals surface area (Å²) in [6.45, 7) is 0. The van der Waals surface area contributed by atoms with Gasteiger partial charge in [-0.05, 0) is 59.9 Å². The Labute approximate surface area is 180 Å². The number of hydrogen-bond donors (Lipinski definition) is 1. The number of carboxylic acid groups (broad SMARTS) is 1. The van der Waals surface area contributed by atoms with Gasteiger partial charge in [0.15, 0.2) is 0 Å². The minimum absolute atomic E-state index is 0.250. The lowest BCUT2D eigenvalue weighted by atomic mass is 9.99. The van der Waals surface area contributed by atoms with Crippen molar-refractivity contribution >= 4 is 40.1 Å². The Hall–Kier alpha value is -3.43. The van der Waals surface area contributed by atoms with Crippen LogP contribution in [0.5, 0.6) is 0 Å². The zero-order valence-corrected chi connectivity index (χ0v) is 17.0. The van der Waals surface area contributed by atoms with Gasteiger partial charge in [-0.1, -0.05) is 72.3 Å². The lowest BCUT2D eigenvalue weighted by Gasteiger charge is -2.07. The quantitative estimate of drug-likeness (QED) is 0.298. The Morgan fingerprint density at radius 3 is 2.33 bits per heavy atom. The number of para-hydroxylation sites is 1. The number of rotatable bonds is 6. The van der Waals surface area contributed by atoms with E-state index in [-0.39, 0.29) is 5.57 Å². The monoisotopic (exact) mass is 413 g/mol. The zero-order valence-electron chi connectivity index (χ0n) is 16.3. The molecule has 0 amide bonds. The second kappa shape index (κ2) is 8.93. The van der Waals surface area contributed by atoms with E-state index in [4.69, 9.17) is 16.6 Å². The number of benzene rings is 3. The molecule has 0 saturated carbocycles. The van der Waals surface area contributed by atoms with E-state index in [2.05, 4.69) is 18.2 Å². The average molecular weight is 414 g/mol. The Morgan fingerprint density at radius 2 is 1.60 bits per heavy atom. The number of aromatic nitrogens is 1. The van der Waals surface area contributed by atoms with Gasteiger partial charge in [0, 0.05) is 16.1 Å². The van der Waals surface area contributed by atoms with Crippen molar-refractivity contribution in [3.8, 4) is 0 Å². The molecule has 0 atom stereocenters. The summed E-state index contributed by atoms with van der Waals surface area (Å²) < 4.78 is 0. The molecule has 3 nitrogen and oxygen atoms in total. The molecular formula is C26H20ClNO2. The highest BCUT2D eigenvalue weighted by atomic mass is 35.5. The van der Waals surface area contributed by atoms with Crippen LogP contribution in [0.25, 0.3) is 22.6 Å². The highest BCUT2D eigenvalue weighted by molar-refractivity contribution is 6.30. The van der Waals surface area contributed by atoms with E-state index in [1.165, 1.54) is 0 Å². The number of aliphatic carboxylic acids is 1. The van der Waals surface area contributed by atoms with Crippen molar-refractivity contribution in [3.05, 3.63) is 112 Å². The van der Waals surface area contributed by atoms with Gasteiger partial charge in [-0.2, -0.15) is 0 Å². The first-order chi connectivity index (χ1) is 14.6. The van der Waals surface area contributed by atoms with Crippen LogP contribution in [0.1, 0.15) is 22.4 Å². The molecule has 0 aliphatic heterocycles. The van der Waals surface area contributed by atoms with Gasteiger partial charge in [0.25, 0.3) is 0 Å². The molecule has 0 unspecified atom stereocenters. The summed E-state index contributed by atoms with van der Waals surface area (Å²) in [7, 11) is 0. The molecule has 1 heterocycles. The molecule has 4 heteroatoms. The number of fused-ring (bicyclic) bond motifs is 1. The maximum absolute atomic E-state index is 11.8. The first-order valence-electron chi connectivity index (χ1n) is 9.73. The molecule has 0 aliphatic carbocycles. The van der Waals surface area contributed by atoms with Crippen molar-refractivity contribution in [1.82, 2.24) is 4.98 Å². The molecule has 0 aliphatic rings. The Morgan fingerprint density at radius 1 is 0.867 bits per heavy atom. The van der Waals surface area contributed by atoms with Gasteiger partial charge in [-0.3, -0.25) is 4.98 Å². The largest absolute Gasteiger partial charge is 0.478 e. The topological polar surface area (TPSA) is 50.2 Å². The van der Waals surface area contributed by atoms with E-state index >= 15 is 0 Å². The number of nitrogens with zero attached hydrogens (tertiary/aromatic N) is 1.